The van der Waals surface area contributed by atoms with Crippen molar-refractivity contribution in [3.05, 3.63) is 46.7 Å². The molecule has 0 radical (unpaired) electrons. The predicted octanol–water partition coefficient (Wildman–Crippen LogP) is 2.02. The van der Waals surface area contributed by atoms with Gasteiger partial charge in [-0.2, -0.15) is 15.4 Å². The summed E-state index contributed by atoms with van der Waals surface area (Å²) in [7, 11) is 0. The van der Waals surface area contributed by atoms with Crippen molar-refractivity contribution in [2.24, 2.45) is 0 Å². The Kier molecular flexibility index (Phi) is 4.70. The molecule has 1 amide bonds. The van der Waals surface area contributed by atoms with E-state index in [0.29, 0.717) is 12.2 Å². The van der Waals surface area contributed by atoms with Crippen molar-refractivity contribution >= 4 is 17.5 Å². The van der Waals surface area contributed by atoms with Crippen LogP contribution in [-0.4, -0.2) is 45.9 Å². The Morgan fingerprint density at radius 2 is 2.05 bits per heavy atom. The van der Waals surface area contributed by atoms with Gasteiger partial charge in [-0.3, -0.25) is 9.69 Å². The third-order valence-corrected chi connectivity index (χ3v) is 4.19. The SMILES string of the molecule is O=C(NCC(c1ccc(Cl)cc1)N1CCCC1)c1cn[nH]n1. The van der Waals surface area contributed by atoms with Crippen LogP contribution >= 0.6 is 11.6 Å². The molecule has 6 nitrogen and oxygen atoms in total. The van der Waals surface area contributed by atoms with E-state index in [0.717, 1.165) is 23.7 Å². The van der Waals surface area contributed by atoms with Crippen molar-refractivity contribution in [2.45, 2.75) is 18.9 Å². The van der Waals surface area contributed by atoms with E-state index in [1.54, 1.807) is 0 Å². The van der Waals surface area contributed by atoms with Gasteiger partial charge in [-0.15, -0.1) is 0 Å². The molecule has 0 spiro atoms. The molecular formula is C15H18ClN5O. The summed E-state index contributed by atoms with van der Waals surface area (Å²) in [5, 5.41) is 13.6. The van der Waals surface area contributed by atoms with E-state index in [9.17, 15) is 4.79 Å². The molecule has 1 atom stereocenters. The zero-order valence-electron chi connectivity index (χ0n) is 12.1. The lowest BCUT2D eigenvalue weighted by atomic mass is 10.1. The fraction of sp³-hybridized carbons (Fsp3) is 0.400. The van der Waals surface area contributed by atoms with Crippen molar-refractivity contribution < 1.29 is 4.79 Å². The minimum absolute atomic E-state index is 0.149. The monoisotopic (exact) mass is 319 g/mol. The zero-order valence-corrected chi connectivity index (χ0v) is 12.9. The van der Waals surface area contributed by atoms with Crippen molar-refractivity contribution in [1.29, 1.82) is 0 Å². The number of aromatic amines is 1. The van der Waals surface area contributed by atoms with E-state index < -0.39 is 0 Å². The maximum Gasteiger partial charge on any atom is 0.273 e. The minimum Gasteiger partial charge on any atom is -0.349 e. The van der Waals surface area contributed by atoms with E-state index in [1.807, 2.05) is 24.3 Å². The second kappa shape index (κ2) is 6.89. The number of nitrogens with zero attached hydrogens (tertiary/aromatic N) is 3. The van der Waals surface area contributed by atoms with E-state index in [2.05, 4.69) is 25.6 Å². The summed E-state index contributed by atoms with van der Waals surface area (Å²) in [5.74, 6) is -0.216. The van der Waals surface area contributed by atoms with Crippen LogP contribution in [0.3, 0.4) is 0 Å². The van der Waals surface area contributed by atoms with Crippen LogP contribution in [0.25, 0.3) is 0 Å². The fourth-order valence-corrected chi connectivity index (χ4v) is 2.91. The number of carbonyl (C=O) groups excluding carboxylic acids is 1. The summed E-state index contributed by atoms with van der Waals surface area (Å²) < 4.78 is 0. The molecule has 1 aliphatic rings. The lowest BCUT2D eigenvalue weighted by Gasteiger charge is -2.28. The number of hydrogen-bond acceptors (Lipinski definition) is 4. The largest absolute Gasteiger partial charge is 0.349 e. The average Bonchev–Trinajstić information content (AvgIpc) is 3.22. The molecule has 3 rings (SSSR count). The summed E-state index contributed by atoms with van der Waals surface area (Å²) in [6, 6.07) is 7.97. The number of carbonyl (C=O) groups is 1. The lowest BCUT2D eigenvalue weighted by molar-refractivity contribution is 0.0933. The molecule has 0 aliphatic carbocycles. The maximum atomic E-state index is 12.0. The molecule has 1 aliphatic heterocycles. The second-order valence-corrected chi connectivity index (χ2v) is 5.81. The molecule has 0 saturated carbocycles. The zero-order chi connectivity index (χ0) is 15.4. The number of aromatic nitrogens is 3. The number of hydrogen-bond donors (Lipinski definition) is 2. The molecule has 2 aromatic rings. The van der Waals surface area contributed by atoms with Gasteiger partial charge in [-0.1, -0.05) is 23.7 Å². The van der Waals surface area contributed by atoms with Crippen LogP contribution in [0.15, 0.2) is 30.5 Å². The van der Waals surface area contributed by atoms with E-state index in [1.165, 1.54) is 19.0 Å². The number of benzene rings is 1. The van der Waals surface area contributed by atoms with Gasteiger partial charge in [0.15, 0.2) is 5.69 Å². The normalized spacial score (nSPS) is 16.6. The molecule has 0 bridgehead atoms. The van der Waals surface area contributed by atoms with Crippen molar-refractivity contribution in [3.63, 3.8) is 0 Å². The Hall–Kier alpha value is -1.92. The Bertz CT molecular complexity index is 607. The maximum absolute atomic E-state index is 12.0. The number of H-pyrrole nitrogens is 1. The molecule has 2 heterocycles. The van der Waals surface area contributed by atoms with Crippen LogP contribution in [0.4, 0.5) is 0 Å². The lowest BCUT2D eigenvalue weighted by Crippen LogP contribution is -2.36. The Labute approximate surface area is 133 Å². The molecule has 2 N–H and O–H groups in total. The molecule has 1 unspecified atom stereocenters. The third kappa shape index (κ3) is 3.45. The van der Waals surface area contributed by atoms with Gasteiger partial charge < -0.3 is 5.32 Å². The Morgan fingerprint density at radius 3 is 2.68 bits per heavy atom. The van der Waals surface area contributed by atoms with Gasteiger partial charge in [-0.05, 0) is 43.6 Å². The van der Waals surface area contributed by atoms with Gasteiger partial charge in [0.05, 0.1) is 12.2 Å². The van der Waals surface area contributed by atoms with Gasteiger partial charge in [0.1, 0.15) is 0 Å². The number of nitrogens with one attached hydrogen (secondary N) is 2. The first-order chi connectivity index (χ1) is 10.7. The predicted molar refractivity (Wildman–Crippen MR) is 83.7 cm³/mol. The number of halogens is 1. The summed E-state index contributed by atoms with van der Waals surface area (Å²) in [6.45, 7) is 2.63. The van der Waals surface area contributed by atoms with Crippen LogP contribution in [0.2, 0.25) is 5.02 Å². The van der Waals surface area contributed by atoms with Gasteiger partial charge in [0.25, 0.3) is 5.91 Å². The molecule has 116 valence electrons. The average molecular weight is 320 g/mol. The smallest absolute Gasteiger partial charge is 0.273 e. The molecule has 1 aromatic carbocycles. The highest BCUT2D eigenvalue weighted by atomic mass is 35.5. The summed E-state index contributed by atoms with van der Waals surface area (Å²) in [5.41, 5.74) is 1.46. The van der Waals surface area contributed by atoms with Crippen molar-refractivity contribution in [2.75, 3.05) is 19.6 Å². The standard InChI is InChI=1S/C15H18ClN5O/c16-12-5-3-11(4-6-12)14(21-7-1-2-8-21)10-17-15(22)13-9-18-20-19-13/h3-6,9,14H,1-2,7-8,10H2,(H,17,22)(H,18,19,20). The molecular weight excluding hydrogens is 302 g/mol. The highest BCUT2D eigenvalue weighted by molar-refractivity contribution is 6.30. The first-order valence-corrected chi connectivity index (χ1v) is 7.75. The summed E-state index contributed by atoms with van der Waals surface area (Å²) >= 11 is 5.97. The van der Waals surface area contributed by atoms with Crippen molar-refractivity contribution in [1.82, 2.24) is 25.6 Å². The van der Waals surface area contributed by atoms with Crippen LogP contribution in [0, 0.1) is 0 Å². The molecule has 1 aromatic heterocycles. The topological polar surface area (TPSA) is 73.9 Å². The highest BCUT2D eigenvalue weighted by Crippen LogP contribution is 2.25. The Balaban J connectivity index is 1.71. The van der Waals surface area contributed by atoms with Crippen LogP contribution in [0.1, 0.15) is 34.9 Å². The first-order valence-electron chi connectivity index (χ1n) is 7.37. The minimum atomic E-state index is -0.216. The fourth-order valence-electron chi connectivity index (χ4n) is 2.79. The third-order valence-electron chi connectivity index (χ3n) is 3.94. The van der Waals surface area contributed by atoms with E-state index in [4.69, 9.17) is 11.6 Å². The van der Waals surface area contributed by atoms with Gasteiger partial charge >= 0.3 is 0 Å². The number of amides is 1. The number of likely N-dealkylation sites (tertiary alicyclic amines) is 1. The van der Waals surface area contributed by atoms with Crippen LogP contribution in [0.5, 0.6) is 0 Å². The van der Waals surface area contributed by atoms with Crippen molar-refractivity contribution in [3.8, 4) is 0 Å². The summed E-state index contributed by atoms with van der Waals surface area (Å²) in [6.07, 6.45) is 3.81. The molecule has 1 fully saturated rings. The quantitative estimate of drug-likeness (QED) is 0.884. The van der Waals surface area contributed by atoms with Crippen LogP contribution in [-0.2, 0) is 0 Å². The summed E-state index contributed by atoms with van der Waals surface area (Å²) in [4.78, 5) is 14.4. The van der Waals surface area contributed by atoms with Crippen LogP contribution < -0.4 is 5.32 Å². The van der Waals surface area contributed by atoms with Gasteiger partial charge in [0, 0.05) is 11.6 Å². The number of rotatable bonds is 5. The Morgan fingerprint density at radius 1 is 1.32 bits per heavy atom. The van der Waals surface area contributed by atoms with E-state index >= 15 is 0 Å². The second-order valence-electron chi connectivity index (χ2n) is 5.38. The molecule has 1 saturated heterocycles. The van der Waals surface area contributed by atoms with Gasteiger partial charge in [0.2, 0.25) is 0 Å². The molecule has 7 heteroatoms. The molecule has 22 heavy (non-hydrogen) atoms. The van der Waals surface area contributed by atoms with E-state index in [-0.39, 0.29) is 11.9 Å². The highest BCUT2D eigenvalue weighted by Gasteiger charge is 2.24. The first kappa shape index (κ1) is 15.0. The van der Waals surface area contributed by atoms with Gasteiger partial charge in [-0.25, -0.2) is 0 Å².